The van der Waals surface area contributed by atoms with Crippen LogP contribution in [0.5, 0.6) is 0 Å². The van der Waals surface area contributed by atoms with Crippen LogP contribution < -0.4 is 0 Å². The first-order chi connectivity index (χ1) is 9.86. The maximum Gasteiger partial charge on any atom is 0.115 e. The van der Waals surface area contributed by atoms with Crippen LogP contribution in [-0.4, -0.2) is 7.11 Å². The summed E-state index contributed by atoms with van der Waals surface area (Å²) in [6, 6.07) is 21.1. The monoisotopic (exact) mass is 262 g/mol. The molecule has 100 valence electrons. The summed E-state index contributed by atoms with van der Waals surface area (Å²) < 4.78 is 5.48. The van der Waals surface area contributed by atoms with Crippen molar-refractivity contribution in [3.8, 4) is 0 Å². The predicted octanol–water partition coefficient (Wildman–Crippen LogP) is 4.79. The average molecular weight is 262 g/mol. The van der Waals surface area contributed by atoms with Crippen molar-refractivity contribution in [2.75, 3.05) is 7.11 Å². The van der Waals surface area contributed by atoms with Crippen molar-refractivity contribution in [1.29, 1.82) is 0 Å². The van der Waals surface area contributed by atoms with Crippen LogP contribution in [0.3, 0.4) is 0 Å². The van der Waals surface area contributed by atoms with Crippen LogP contribution >= 0.6 is 0 Å². The molecule has 0 saturated carbocycles. The lowest BCUT2D eigenvalue weighted by Gasteiger charge is -2.22. The number of benzene rings is 2. The van der Waals surface area contributed by atoms with Crippen LogP contribution in [0.4, 0.5) is 0 Å². The van der Waals surface area contributed by atoms with Crippen molar-refractivity contribution in [1.82, 2.24) is 0 Å². The first-order valence-corrected chi connectivity index (χ1v) is 6.93. The van der Waals surface area contributed by atoms with Crippen LogP contribution in [0.15, 0.2) is 78.6 Å². The van der Waals surface area contributed by atoms with Gasteiger partial charge in [-0.05, 0) is 35.3 Å². The van der Waals surface area contributed by atoms with E-state index in [-0.39, 0.29) is 0 Å². The number of allylic oxidation sites excluding steroid dienone is 3. The first kappa shape index (κ1) is 12.7. The smallest absolute Gasteiger partial charge is 0.115 e. The van der Waals surface area contributed by atoms with E-state index >= 15 is 0 Å². The third-order valence-electron chi connectivity index (χ3n) is 3.73. The molecule has 0 spiro atoms. The second-order valence-electron chi connectivity index (χ2n) is 5.03. The number of hydrogen-bond acceptors (Lipinski definition) is 1. The van der Waals surface area contributed by atoms with Gasteiger partial charge in [0.25, 0.3) is 0 Å². The molecule has 2 aromatic carbocycles. The maximum absolute atomic E-state index is 5.48. The fourth-order valence-electron chi connectivity index (χ4n) is 2.67. The molecule has 0 fully saturated rings. The molecular weight excluding hydrogens is 244 g/mol. The zero-order valence-electron chi connectivity index (χ0n) is 11.6. The summed E-state index contributed by atoms with van der Waals surface area (Å²) in [5.74, 6) is 1.33. The summed E-state index contributed by atoms with van der Waals surface area (Å²) in [4.78, 5) is 0. The summed E-state index contributed by atoms with van der Waals surface area (Å²) in [6.45, 7) is 0. The van der Waals surface area contributed by atoms with Crippen molar-refractivity contribution in [2.45, 2.75) is 12.3 Å². The van der Waals surface area contributed by atoms with E-state index < -0.39 is 0 Å². The summed E-state index contributed by atoms with van der Waals surface area (Å²) in [5.41, 5.74) is 3.94. The summed E-state index contributed by atoms with van der Waals surface area (Å²) in [6.07, 6.45) is 5.37. The van der Waals surface area contributed by atoms with Crippen LogP contribution in [0.2, 0.25) is 0 Å². The Morgan fingerprint density at radius 2 is 1.55 bits per heavy atom. The minimum absolute atomic E-state index is 0.381. The molecule has 0 radical (unpaired) electrons. The van der Waals surface area contributed by atoms with Gasteiger partial charge in [-0.25, -0.2) is 0 Å². The summed E-state index contributed by atoms with van der Waals surface area (Å²) >= 11 is 0. The molecule has 2 aromatic rings. The molecule has 0 amide bonds. The number of ether oxygens (including phenoxy) is 1. The van der Waals surface area contributed by atoms with Gasteiger partial charge in [-0.15, -0.1) is 0 Å². The van der Waals surface area contributed by atoms with E-state index in [0.717, 1.165) is 12.2 Å². The third kappa shape index (κ3) is 2.67. The van der Waals surface area contributed by atoms with Crippen molar-refractivity contribution < 1.29 is 4.74 Å². The Bertz CT molecular complexity index is 623. The molecule has 0 aliphatic heterocycles. The second kappa shape index (κ2) is 5.79. The zero-order chi connectivity index (χ0) is 13.8. The van der Waals surface area contributed by atoms with Gasteiger partial charge in [0.1, 0.15) is 5.76 Å². The van der Waals surface area contributed by atoms with E-state index in [4.69, 9.17) is 4.74 Å². The fraction of sp³-hybridized carbons (Fsp3) is 0.158. The maximum atomic E-state index is 5.48. The highest BCUT2D eigenvalue weighted by molar-refractivity contribution is 5.70. The summed E-state index contributed by atoms with van der Waals surface area (Å²) in [5, 5.41) is 0. The molecule has 3 rings (SSSR count). The van der Waals surface area contributed by atoms with Crippen LogP contribution in [0.25, 0.3) is 5.57 Å². The van der Waals surface area contributed by atoms with Crippen LogP contribution in [-0.2, 0) is 4.74 Å². The van der Waals surface area contributed by atoms with Crippen molar-refractivity contribution in [3.05, 3.63) is 89.7 Å². The molecule has 1 nitrogen and oxygen atoms in total. The highest BCUT2D eigenvalue weighted by Crippen LogP contribution is 2.35. The van der Waals surface area contributed by atoms with Gasteiger partial charge in [0.15, 0.2) is 0 Å². The minimum Gasteiger partial charge on any atom is -0.497 e. The Morgan fingerprint density at radius 3 is 2.20 bits per heavy atom. The van der Waals surface area contributed by atoms with Gasteiger partial charge in [0.2, 0.25) is 0 Å². The van der Waals surface area contributed by atoms with Gasteiger partial charge in [-0.2, -0.15) is 0 Å². The lowest BCUT2D eigenvalue weighted by atomic mass is 9.85. The Labute approximate surface area is 120 Å². The van der Waals surface area contributed by atoms with E-state index in [1.807, 2.05) is 0 Å². The molecule has 1 atom stereocenters. The molecule has 1 aliphatic carbocycles. The van der Waals surface area contributed by atoms with Gasteiger partial charge < -0.3 is 4.74 Å². The Hall–Kier alpha value is -2.28. The Kier molecular flexibility index (Phi) is 3.69. The van der Waals surface area contributed by atoms with Crippen molar-refractivity contribution >= 4 is 5.57 Å². The molecule has 0 bridgehead atoms. The van der Waals surface area contributed by atoms with Gasteiger partial charge in [-0.1, -0.05) is 60.7 Å². The van der Waals surface area contributed by atoms with Crippen molar-refractivity contribution in [2.24, 2.45) is 0 Å². The van der Waals surface area contributed by atoms with Crippen LogP contribution in [0, 0.1) is 0 Å². The highest BCUT2D eigenvalue weighted by Gasteiger charge is 2.18. The molecule has 1 heteroatoms. The van der Waals surface area contributed by atoms with E-state index in [9.17, 15) is 0 Å². The highest BCUT2D eigenvalue weighted by atomic mass is 16.5. The van der Waals surface area contributed by atoms with E-state index in [1.54, 1.807) is 7.11 Å². The lowest BCUT2D eigenvalue weighted by molar-refractivity contribution is 0.303. The third-order valence-corrected chi connectivity index (χ3v) is 3.73. The molecule has 0 N–H and O–H groups in total. The first-order valence-electron chi connectivity index (χ1n) is 6.93. The van der Waals surface area contributed by atoms with E-state index in [0.29, 0.717) is 5.92 Å². The average Bonchev–Trinajstić information content (AvgIpc) is 2.56. The Morgan fingerprint density at radius 1 is 0.900 bits per heavy atom. The number of hydrogen-bond donors (Lipinski definition) is 0. The van der Waals surface area contributed by atoms with Gasteiger partial charge >= 0.3 is 0 Å². The van der Waals surface area contributed by atoms with E-state index in [1.165, 1.54) is 16.7 Å². The molecular formula is C19H18O. The number of methoxy groups -OCH3 is 1. The van der Waals surface area contributed by atoms with Crippen LogP contribution in [0.1, 0.15) is 23.5 Å². The molecule has 20 heavy (non-hydrogen) atoms. The van der Waals surface area contributed by atoms with Gasteiger partial charge in [-0.3, -0.25) is 0 Å². The molecule has 0 saturated heterocycles. The Balaban J connectivity index is 1.95. The fourth-order valence-corrected chi connectivity index (χ4v) is 2.67. The number of rotatable bonds is 3. The van der Waals surface area contributed by atoms with Crippen molar-refractivity contribution in [3.63, 3.8) is 0 Å². The minimum atomic E-state index is 0.381. The lowest BCUT2D eigenvalue weighted by Crippen LogP contribution is -2.04. The molecule has 1 unspecified atom stereocenters. The second-order valence-corrected chi connectivity index (χ2v) is 5.03. The van der Waals surface area contributed by atoms with E-state index in [2.05, 4.69) is 72.8 Å². The SMILES string of the molecule is COC1=CC(c2ccccc2)CC(c2ccccc2)=C1. The van der Waals surface area contributed by atoms with Gasteiger partial charge in [0.05, 0.1) is 7.11 Å². The molecule has 0 heterocycles. The molecule has 1 aliphatic rings. The summed E-state index contributed by atoms with van der Waals surface area (Å²) in [7, 11) is 1.73. The largest absolute Gasteiger partial charge is 0.497 e. The van der Waals surface area contributed by atoms with Gasteiger partial charge in [0, 0.05) is 5.92 Å². The standard InChI is InChI=1S/C19H18O/c1-20-19-13-17(15-8-4-2-5-9-15)12-18(14-19)16-10-6-3-7-11-16/h2-11,13-14,17H,12H2,1H3. The quantitative estimate of drug-likeness (QED) is 0.773. The zero-order valence-corrected chi connectivity index (χ0v) is 11.6. The normalized spacial score (nSPS) is 18.1. The molecule has 0 aromatic heterocycles. The topological polar surface area (TPSA) is 9.23 Å². The predicted molar refractivity (Wildman–Crippen MR) is 83.3 cm³/mol.